The molecule has 1 aliphatic carbocycles. The Morgan fingerprint density at radius 2 is 1.86 bits per heavy atom. The van der Waals surface area contributed by atoms with E-state index in [2.05, 4.69) is 52.3 Å². The van der Waals surface area contributed by atoms with Crippen molar-refractivity contribution in [2.24, 2.45) is 0 Å². The summed E-state index contributed by atoms with van der Waals surface area (Å²) in [5.74, 6) is 1.25. The highest BCUT2D eigenvalue weighted by Gasteiger charge is 2.29. The zero-order valence-electron chi connectivity index (χ0n) is 21.1. The molecule has 2 aliphatic rings. The molecule has 1 fully saturated rings. The van der Waals surface area contributed by atoms with Crippen molar-refractivity contribution in [1.29, 1.82) is 0 Å². The lowest BCUT2D eigenvalue weighted by atomic mass is 9.97. The molecule has 6 rings (SSSR count). The number of nitrogens with zero attached hydrogens (tertiary/aromatic N) is 4. The molecule has 0 radical (unpaired) electrons. The first-order valence-electron chi connectivity index (χ1n) is 13.0. The summed E-state index contributed by atoms with van der Waals surface area (Å²) in [6.07, 6.45) is 7.62. The number of hydrogen-bond acceptors (Lipinski definition) is 3. The molecule has 0 saturated carbocycles. The number of pyridine rings is 1. The number of carbonyl (C=O) groups excluding carboxylic acids is 1. The van der Waals surface area contributed by atoms with E-state index in [1.807, 2.05) is 48.2 Å². The fraction of sp³-hybridized carbons (Fsp3) is 0.333. The number of piperidine rings is 1. The molecule has 1 saturated heterocycles. The summed E-state index contributed by atoms with van der Waals surface area (Å²) in [6, 6.07) is 20.9. The topological polar surface area (TPSA) is 52.9 Å². The third-order valence-electron chi connectivity index (χ3n) is 7.69. The van der Waals surface area contributed by atoms with E-state index in [1.165, 1.54) is 23.1 Å². The van der Waals surface area contributed by atoms with Crippen molar-refractivity contribution in [3.63, 3.8) is 0 Å². The van der Waals surface area contributed by atoms with Crippen LogP contribution in [0.2, 0.25) is 0 Å². The van der Waals surface area contributed by atoms with Gasteiger partial charge in [0.05, 0.1) is 11.2 Å². The van der Waals surface area contributed by atoms with Crippen LogP contribution in [0, 0.1) is 0 Å². The molecule has 6 heteroatoms. The maximum atomic E-state index is 13.2. The number of anilines is 2. The smallest absolute Gasteiger partial charge is 0.321 e. The van der Waals surface area contributed by atoms with Gasteiger partial charge in [0.15, 0.2) is 0 Å². The van der Waals surface area contributed by atoms with Gasteiger partial charge >= 0.3 is 6.03 Å². The van der Waals surface area contributed by atoms with Crippen molar-refractivity contribution in [3.05, 3.63) is 83.8 Å². The first-order valence-corrected chi connectivity index (χ1v) is 13.0. The third kappa shape index (κ3) is 4.11. The van der Waals surface area contributed by atoms with Crippen molar-refractivity contribution in [2.75, 3.05) is 37.4 Å². The van der Waals surface area contributed by atoms with Crippen LogP contribution in [0.3, 0.4) is 0 Å². The Morgan fingerprint density at radius 1 is 1.00 bits per heavy atom. The van der Waals surface area contributed by atoms with Crippen molar-refractivity contribution >= 4 is 22.9 Å². The Hall–Kier alpha value is -3.80. The highest BCUT2D eigenvalue weighted by atomic mass is 16.2. The minimum Gasteiger partial charge on any atom is -0.378 e. The Balaban J connectivity index is 1.27. The van der Waals surface area contributed by atoms with Gasteiger partial charge in [-0.1, -0.05) is 24.3 Å². The summed E-state index contributed by atoms with van der Waals surface area (Å²) < 4.78 is 2.25. The summed E-state index contributed by atoms with van der Waals surface area (Å²) in [5.41, 5.74) is 8.34. The van der Waals surface area contributed by atoms with Gasteiger partial charge in [0, 0.05) is 56.2 Å². The van der Waals surface area contributed by atoms with E-state index in [4.69, 9.17) is 4.98 Å². The molecule has 0 spiro atoms. The van der Waals surface area contributed by atoms with E-state index < -0.39 is 0 Å². The second kappa shape index (κ2) is 9.34. The molecular formula is C30H33N5O. The van der Waals surface area contributed by atoms with E-state index in [9.17, 15) is 4.79 Å². The number of benzene rings is 2. The number of likely N-dealkylation sites (tertiary alicyclic amines) is 1. The average Bonchev–Trinajstić information content (AvgIpc) is 3.54. The van der Waals surface area contributed by atoms with Crippen molar-refractivity contribution in [3.8, 4) is 11.3 Å². The highest BCUT2D eigenvalue weighted by Crippen LogP contribution is 2.37. The van der Waals surface area contributed by atoms with Crippen LogP contribution in [-0.2, 0) is 12.8 Å². The van der Waals surface area contributed by atoms with Gasteiger partial charge in [0.1, 0.15) is 5.82 Å². The number of imidazole rings is 1. The minimum absolute atomic E-state index is 0.0423. The first-order chi connectivity index (χ1) is 17.6. The summed E-state index contributed by atoms with van der Waals surface area (Å²) >= 11 is 0. The number of aryl methyl sites for hydroxylation is 1. The fourth-order valence-corrected chi connectivity index (χ4v) is 5.81. The van der Waals surface area contributed by atoms with Crippen LogP contribution in [0.15, 0.2) is 66.9 Å². The number of urea groups is 1. The third-order valence-corrected chi connectivity index (χ3v) is 7.69. The molecule has 36 heavy (non-hydrogen) atoms. The normalized spacial score (nSPS) is 17.3. The zero-order valence-corrected chi connectivity index (χ0v) is 21.1. The monoisotopic (exact) mass is 479 g/mol. The second-order valence-corrected chi connectivity index (χ2v) is 10.2. The molecule has 1 aliphatic heterocycles. The summed E-state index contributed by atoms with van der Waals surface area (Å²) in [6.45, 7) is 1.43. The Kier molecular flexibility index (Phi) is 5.88. The standard InChI is InChI=1S/C30H33N5O/c1-33(2)24-16-14-23(15-17-24)31-30(36)34-18-7-10-22(20-34)29-32-28(27-13-3-4-19-35(27)29)26-12-6-9-21-8-5-11-25(21)26/h3-4,6,9,12-17,19,22H,5,7-8,10-11,18,20H2,1-2H3,(H,31,36)/t22-/m1/s1. The molecule has 6 nitrogen and oxygen atoms in total. The van der Waals surface area contributed by atoms with Gasteiger partial charge in [-0.3, -0.25) is 0 Å². The SMILES string of the molecule is CN(C)c1ccc(NC(=O)N2CCC[C@@H](c3nc(-c4cccc5c4CCC5)c4ccccn34)C2)cc1. The van der Waals surface area contributed by atoms with Gasteiger partial charge in [-0.05, 0) is 79.6 Å². The lowest BCUT2D eigenvalue weighted by molar-refractivity contribution is 0.191. The molecular weight excluding hydrogens is 446 g/mol. The summed E-state index contributed by atoms with van der Waals surface area (Å²) in [4.78, 5) is 22.4. The van der Waals surface area contributed by atoms with Crippen molar-refractivity contribution in [1.82, 2.24) is 14.3 Å². The van der Waals surface area contributed by atoms with Gasteiger partial charge in [0.25, 0.3) is 0 Å². The number of nitrogens with one attached hydrogen (secondary N) is 1. The van der Waals surface area contributed by atoms with Crippen LogP contribution in [0.5, 0.6) is 0 Å². The molecule has 0 bridgehead atoms. The minimum atomic E-state index is -0.0423. The van der Waals surface area contributed by atoms with Gasteiger partial charge < -0.3 is 19.5 Å². The fourth-order valence-electron chi connectivity index (χ4n) is 5.81. The molecule has 2 aromatic carbocycles. The molecule has 1 atom stereocenters. The molecule has 184 valence electrons. The predicted octanol–water partition coefficient (Wildman–Crippen LogP) is 5.97. The lowest BCUT2D eigenvalue weighted by Gasteiger charge is -2.32. The maximum absolute atomic E-state index is 13.2. The van der Waals surface area contributed by atoms with Crippen LogP contribution in [-0.4, -0.2) is 47.5 Å². The molecule has 2 aromatic heterocycles. The Labute approximate surface area is 212 Å². The molecule has 2 amide bonds. The number of fused-ring (bicyclic) bond motifs is 2. The van der Waals surface area contributed by atoms with Gasteiger partial charge in [-0.15, -0.1) is 0 Å². The van der Waals surface area contributed by atoms with Crippen LogP contribution < -0.4 is 10.2 Å². The van der Waals surface area contributed by atoms with E-state index in [0.29, 0.717) is 6.54 Å². The molecule has 0 unspecified atom stereocenters. The summed E-state index contributed by atoms with van der Waals surface area (Å²) in [7, 11) is 4.02. The van der Waals surface area contributed by atoms with Crippen LogP contribution >= 0.6 is 0 Å². The number of carbonyl (C=O) groups is 1. The lowest BCUT2D eigenvalue weighted by Crippen LogP contribution is -2.42. The van der Waals surface area contributed by atoms with Crippen molar-refractivity contribution in [2.45, 2.75) is 38.0 Å². The van der Waals surface area contributed by atoms with E-state index in [1.54, 1.807) is 0 Å². The van der Waals surface area contributed by atoms with E-state index in [0.717, 1.165) is 60.6 Å². The largest absolute Gasteiger partial charge is 0.378 e. The van der Waals surface area contributed by atoms with Crippen LogP contribution in [0.4, 0.5) is 16.2 Å². The Morgan fingerprint density at radius 3 is 2.69 bits per heavy atom. The number of aromatic nitrogens is 2. The van der Waals surface area contributed by atoms with E-state index in [-0.39, 0.29) is 11.9 Å². The van der Waals surface area contributed by atoms with Crippen molar-refractivity contribution < 1.29 is 4.79 Å². The first kappa shape index (κ1) is 22.7. The predicted molar refractivity (Wildman–Crippen MR) is 146 cm³/mol. The highest BCUT2D eigenvalue weighted by molar-refractivity contribution is 5.89. The number of amides is 2. The van der Waals surface area contributed by atoms with Gasteiger partial charge in [-0.25, -0.2) is 9.78 Å². The quantitative estimate of drug-likeness (QED) is 0.392. The molecule has 3 heterocycles. The zero-order chi connectivity index (χ0) is 24.6. The second-order valence-electron chi connectivity index (χ2n) is 10.2. The number of rotatable bonds is 4. The molecule has 4 aromatic rings. The Bertz CT molecular complexity index is 1400. The molecule has 1 N–H and O–H groups in total. The van der Waals surface area contributed by atoms with Crippen LogP contribution in [0.25, 0.3) is 16.8 Å². The van der Waals surface area contributed by atoms with Crippen LogP contribution in [0.1, 0.15) is 42.1 Å². The van der Waals surface area contributed by atoms with Gasteiger partial charge in [-0.2, -0.15) is 0 Å². The average molecular weight is 480 g/mol. The summed E-state index contributed by atoms with van der Waals surface area (Å²) in [5, 5.41) is 3.09. The van der Waals surface area contributed by atoms with Gasteiger partial charge in [0.2, 0.25) is 0 Å². The van der Waals surface area contributed by atoms with E-state index >= 15 is 0 Å². The number of hydrogen-bond donors (Lipinski definition) is 1. The maximum Gasteiger partial charge on any atom is 0.321 e.